The number of rotatable bonds is 4. The molecule has 126 valence electrons. The average molecular weight is 333 g/mol. The Labute approximate surface area is 146 Å². The van der Waals surface area contributed by atoms with Crippen LogP contribution in [0.4, 0.5) is 5.69 Å². The summed E-state index contributed by atoms with van der Waals surface area (Å²) >= 11 is 0. The number of carbonyl (C=O) groups excluding carboxylic acids is 1. The lowest BCUT2D eigenvalue weighted by Gasteiger charge is -2.13. The maximum atomic E-state index is 12.4. The van der Waals surface area contributed by atoms with Crippen LogP contribution in [0.5, 0.6) is 0 Å². The number of benzene rings is 2. The quantitative estimate of drug-likeness (QED) is 0.797. The topological polar surface area (TPSA) is 64.0 Å². The zero-order valence-corrected chi connectivity index (χ0v) is 14.2. The first-order valence-electron chi connectivity index (χ1n) is 8.03. The molecule has 0 spiro atoms. The molecule has 0 unspecified atom stereocenters. The highest BCUT2D eigenvalue weighted by atomic mass is 16.2. The van der Waals surface area contributed by atoms with Gasteiger partial charge in [-0.05, 0) is 26.0 Å². The normalized spacial score (nSPS) is 10.5. The van der Waals surface area contributed by atoms with Crippen molar-refractivity contribution in [1.82, 2.24) is 9.55 Å². The van der Waals surface area contributed by atoms with E-state index in [-0.39, 0.29) is 18.0 Å². The second kappa shape index (κ2) is 7.13. The Kier molecular flexibility index (Phi) is 4.75. The summed E-state index contributed by atoms with van der Waals surface area (Å²) in [6.07, 6.45) is 0. The molecule has 5 nitrogen and oxygen atoms in total. The fraction of sp³-hybridized carbons (Fsp3) is 0.150. The van der Waals surface area contributed by atoms with Gasteiger partial charge in [-0.15, -0.1) is 0 Å². The average Bonchev–Trinajstić information content (AvgIpc) is 2.60. The number of hydrogen-bond acceptors (Lipinski definition) is 3. The summed E-state index contributed by atoms with van der Waals surface area (Å²) in [4.78, 5) is 29.3. The minimum absolute atomic E-state index is 0.0930. The van der Waals surface area contributed by atoms with Gasteiger partial charge in [-0.2, -0.15) is 0 Å². The molecule has 0 saturated heterocycles. The molecule has 0 aliphatic rings. The molecule has 2 aromatic carbocycles. The minimum Gasteiger partial charge on any atom is -0.325 e. The van der Waals surface area contributed by atoms with Crippen molar-refractivity contribution in [2.45, 2.75) is 20.4 Å². The molecule has 0 saturated carbocycles. The molecular weight excluding hydrogens is 314 g/mol. The van der Waals surface area contributed by atoms with Crippen LogP contribution < -0.4 is 10.9 Å². The van der Waals surface area contributed by atoms with E-state index in [0.717, 1.165) is 11.1 Å². The molecule has 0 bridgehead atoms. The summed E-state index contributed by atoms with van der Waals surface area (Å²) in [6, 6.07) is 18.3. The van der Waals surface area contributed by atoms with E-state index >= 15 is 0 Å². The molecule has 3 rings (SSSR count). The van der Waals surface area contributed by atoms with Gasteiger partial charge < -0.3 is 5.32 Å². The zero-order valence-electron chi connectivity index (χ0n) is 14.2. The Morgan fingerprint density at radius 1 is 1.04 bits per heavy atom. The van der Waals surface area contributed by atoms with Gasteiger partial charge in [-0.1, -0.05) is 48.0 Å². The fourth-order valence-electron chi connectivity index (χ4n) is 2.56. The first-order chi connectivity index (χ1) is 12.0. The van der Waals surface area contributed by atoms with Crippen LogP contribution in [-0.2, 0) is 11.3 Å². The molecule has 0 aliphatic carbocycles. The van der Waals surface area contributed by atoms with E-state index in [1.807, 2.05) is 61.5 Å². The monoisotopic (exact) mass is 333 g/mol. The number of hydrogen-bond donors (Lipinski definition) is 1. The number of nitrogens with one attached hydrogen (secondary N) is 1. The predicted octanol–water partition coefficient (Wildman–Crippen LogP) is 3.17. The van der Waals surface area contributed by atoms with Crippen molar-refractivity contribution in [2.24, 2.45) is 0 Å². The molecule has 3 aromatic rings. The minimum atomic E-state index is -0.270. The fourth-order valence-corrected chi connectivity index (χ4v) is 2.56. The van der Waals surface area contributed by atoms with Gasteiger partial charge >= 0.3 is 0 Å². The van der Waals surface area contributed by atoms with Crippen molar-refractivity contribution in [3.05, 3.63) is 82.3 Å². The molecule has 1 aromatic heterocycles. The smallest absolute Gasteiger partial charge is 0.254 e. The van der Waals surface area contributed by atoms with Gasteiger partial charge in [0.15, 0.2) is 0 Å². The van der Waals surface area contributed by atoms with Crippen LogP contribution in [0, 0.1) is 13.8 Å². The largest absolute Gasteiger partial charge is 0.325 e. The number of nitrogens with zero attached hydrogens (tertiary/aromatic N) is 2. The van der Waals surface area contributed by atoms with Gasteiger partial charge in [0.2, 0.25) is 5.91 Å². The van der Waals surface area contributed by atoms with E-state index in [0.29, 0.717) is 17.2 Å². The van der Waals surface area contributed by atoms with Gasteiger partial charge in [0.1, 0.15) is 12.4 Å². The van der Waals surface area contributed by atoms with E-state index in [9.17, 15) is 9.59 Å². The lowest BCUT2D eigenvalue weighted by molar-refractivity contribution is -0.116. The molecule has 1 N–H and O–H groups in total. The molecule has 1 heterocycles. The standard InChI is InChI=1S/C20H19N3O2/c1-14-8-10-17(11-9-14)22-18(24)13-23-19(25)12-15(2)21-20(23)16-6-4-3-5-7-16/h3-12H,13H2,1-2H3,(H,22,24). The van der Waals surface area contributed by atoms with E-state index in [4.69, 9.17) is 0 Å². The number of amides is 1. The summed E-state index contributed by atoms with van der Waals surface area (Å²) in [6.45, 7) is 3.66. The summed E-state index contributed by atoms with van der Waals surface area (Å²) < 4.78 is 1.39. The lowest BCUT2D eigenvalue weighted by atomic mass is 10.2. The Balaban J connectivity index is 1.90. The Morgan fingerprint density at radius 2 is 1.72 bits per heavy atom. The number of anilines is 1. The Hall–Kier alpha value is -3.21. The Morgan fingerprint density at radius 3 is 2.40 bits per heavy atom. The molecular formula is C20H19N3O2. The van der Waals surface area contributed by atoms with Gasteiger partial charge in [-0.3, -0.25) is 14.2 Å². The van der Waals surface area contributed by atoms with E-state index < -0.39 is 0 Å². The van der Waals surface area contributed by atoms with Crippen molar-refractivity contribution in [2.75, 3.05) is 5.32 Å². The highest BCUT2D eigenvalue weighted by molar-refractivity contribution is 5.90. The summed E-state index contributed by atoms with van der Waals surface area (Å²) in [5.74, 6) is 0.221. The van der Waals surface area contributed by atoms with Crippen LogP contribution in [0.15, 0.2) is 65.5 Å². The maximum Gasteiger partial charge on any atom is 0.254 e. The first-order valence-corrected chi connectivity index (χ1v) is 8.03. The van der Waals surface area contributed by atoms with E-state index in [1.165, 1.54) is 10.6 Å². The van der Waals surface area contributed by atoms with Crippen LogP contribution in [0.3, 0.4) is 0 Å². The van der Waals surface area contributed by atoms with Crippen LogP contribution in [0.1, 0.15) is 11.3 Å². The summed E-state index contributed by atoms with van der Waals surface area (Å²) in [5.41, 5.74) is 2.99. The van der Waals surface area contributed by atoms with Crippen LogP contribution in [0.2, 0.25) is 0 Å². The van der Waals surface area contributed by atoms with Gasteiger partial charge in [0, 0.05) is 23.0 Å². The highest BCUT2D eigenvalue weighted by Gasteiger charge is 2.13. The molecule has 0 radical (unpaired) electrons. The van der Waals surface area contributed by atoms with Crippen LogP contribution in [-0.4, -0.2) is 15.5 Å². The predicted molar refractivity (Wildman–Crippen MR) is 98.5 cm³/mol. The van der Waals surface area contributed by atoms with Crippen molar-refractivity contribution in [3.63, 3.8) is 0 Å². The van der Waals surface area contributed by atoms with Crippen LogP contribution in [0.25, 0.3) is 11.4 Å². The lowest BCUT2D eigenvalue weighted by Crippen LogP contribution is -2.29. The number of aryl methyl sites for hydroxylation is 2. The molecule has 0 fully saturated rings. The third-order valence-corrected chi connectivity index (χ3v) is 3.81. The summed E-state index contributed by atoms with van der Waals surface area (Å²) in [7, 11) is 0. The Bertz CT molecular complexity index is 945. The van der Waals surface area contributed by atoms with Crippen molar-refractivity contribution in [1.29, 1.82) is 0 Å². The zero-order chi connectivity index (χ0) is 17.8. The number of carbonyl (C=O) groups is 1. The van der Waals surface area contributed by atoms with Crippen molar-refractivity contribution < 1.29 is 4.79 Å². The van der Waals surface area contributed by atoms with Crippen molar-refractivity contribution in [3.8, 4) is 11.4 Å². The number of aromatic nitrogens is 2. The first kappa shape index (κ1) is 16.6. The van der Waals surface area contributed by atoms with Gasteiger partial charge in [-0.25, -0.2) is 4.98 Å². The molecule has 1 amide bonds. The van der Waals surface area contributed by atoms with Gasteiger partial charge in [0.25, 0.3) is 5.56 Å². The van der Waals surface area contributed by atoms with Crippen molar-refractivity contribution >= 4 is 11.6 Å². The van der Waals surface area contributed by atoms with Gasteiger partial charge in [0.05, 0.1) is 0 Å². The third-order valence-electron chi connectivity index (χ3n) is 3.81. The third kappa shape index (κ3) is 4.01. The SMILES string of the molecule is Cc1ccc(NC(=O)Cn2c(-c3ccccc3)nc(C)cc2=O)cc1. The molecule has 0 atom stereocenters. The van der Waals surface area contributed by atoms with Crippen LogP contribution >= 0.6 is 0 Å². The highest BCUT2D eigenvalue weighted by Crippen LogP contribution is 2.16. The second-order valence-electron chi connectivity index (χ2n) is 5.93. The maximum absolute atomic E-state index is 12.4. The molecule has 25 heavy (non-hydrogen) atoms. The molecule has 0 aliphatic heterocycles. The molecule has 5 heteroatoms. The second-order valence-corrected chi connectivity index (χ2v) is 5.93. The summed E-state index contributed by atoms with van der Waals surface area (Å²) in [5, 5.41) is 2.81. The van der Waals surface area contributed by atoms with E-state index in [1.54, 1.807) is 6.92 Å². The van der Waals surface area contributed by atoms with E-state index in [2.05, 4.69) is 10.3 Å².